The molecule has 1 heterocycles. The largest absolute Gasteiger partial charge is 0.393 e. The maximum Gasteiger partial charge on any atom is 0.229 e. The number of nitrogens with zero attached hydrogens (tertiary/aromatic N) is 2. The topological polar surface area (TPSA) is 59.2 Å². The van der Waals surface area contributed by atoms with Crippen molar-refractivity contribution in [1.82, 2.24) is 10.1 Å². The van der Waals surface area contributed by atoms with Gasteiger partial charge in [-0.2, -0.15) is 4.98 Å². The summed E-state index contributed by atoms with van der Waals surface area (Å²) in [6.45, 7) is 6.51. The summed E-state index contributed by atoms with van der Waals surface area (Å²) in [5.74, 6) is 3.20. The van der Waals surface area contributed by atoms with Crippen molar-refractivity contribution in [2.45, 2.75) is 71.3 Å². The van der Waals surface area contributed by atoms with Crippen molar-refractivity contribution in [2.24, 2.45) is 11.8 Å². The van der Waals surface area contributed by atoms with Crippen LogP contribution in [0.15, 0.2) is 4.52 Å². The van der Waals surface area contributed by atoms with Gasteiger partial charge in [0.25, 0.3) is 0 Å². The van der Waals surface area contributed by atoms with Crippen LogP contribution in [0.5, 0.6) is 0 Å². The van der Waals surface area contributed by atoms with Gasteiger partial charge in [0.15, 0.2) is 5.82 Å². The molecule has 1 saturated carbocycles. The fourth-order valence-corrected chi connectivity index (χ4v) is 2.86. The number of hydrogen-bond donors (Lipinski definition) is 1. The molecule has 1 aromatic heterocycles. The molecule has 0 aliphatic heterocycles. The number of aliphatic hydroxyl groups excluding tert-OH is 1. The molecule has 1 fully saturated rings. The van der Waals surface area contributed by atoms with Gasteiger partial charge < -0.3 is 9.63 Å². The molecule has 1 aromatic rings. The van der Waals surface area contributed by atoms with Crippen LogP contribution in [0.1, 0.15) is 70.5 Å². The predicted molar refractivity (Wildman–Crippen MR) is 73.8 cm³/mol. The molecule has 4 heteroatoms. The molecule has 0 amide bonds. The van der Waals surface area contributed by atoms with Gasteiger partial charge in [-0.1, -0.05) is 38.8 Å². The average molecular weight is 266 g/mol. The number of rotatable bonds is 5. The Morgan fingerprint density at radius 3 is 2.58 bits per heavy atom. The lowest BCUT2D eigenvalue weighted by Crippen LogP contribution is -2.14. The smallest absolute Gasteiger partial charge is 0.229 e. The Hall–Kier alpha value is -0.900. The first kappa shape index (κ1) is 14.5. The third-order valence-corrected chi connectivity index (χ3v) is 4.02. The quantitative estimate of drug-likeness (QED) is 0.888. The van der Waals surface area contributed by atoms with Gasteiger partial charge in [0, 0.05) is 5.92 Å². The van der Waals surface area contributed by atoms with Crippen LogP contribution in [-0.4, -0.2) is 21.4 Å². The van der Waals surface area contributed by atoms with E-state index < -0.39 is 0 Å². The maximum atomic E-state index is 9.90. The Kier molecular flexibility index (Phi) is 4.97. The van der Waals surface area contributed by atoms with Crippen molar-refractivity contribution in [1.29, 1.82) is 0 Å². The highest BCUT2D eigenvalue weighted by Gasteiger charge is 2.24. The molecule has 0 aromatic carbocycles. The number of aliphatic hydroxyl groups is 1. The van der Waals surface area contributed by atoms with Gasteiger partial charge in [-0.3, -0.25) is 0 Å². The van der Waals surface area contributed by atoms with E-state index in [1.54, 1.807) is 0 Å². The minimum Gasteiger partial charge on any atom is -0.393 e. The van der Waals surface area contributed by atoms with Gasteiger partial charge in [-0.15, -0.1) is 0 Å². The van der Waals surface area contributed by atoms with Crippen molar-refractivity contribution >= 4 is 0 Å². The molecule has 1 aliphatic rings. The molecule has 0 bridgehead atoms. The fraction of sp³-hybridized carbons (Fsp3) is 0.867. The molecule has 19 heavy (non-hydrogen) atoms. The lowest BCUT2D eigenvalue weighted by Gasteiger charge is -2.23. The summed E-state index contributed by atoms with van der Waals surface area (Å²) < 4.78 is 5.28. The Morgan fingerprint density at radius 2 is 1.95 bits per heavy atom. The van der Waals surface area contributed by atoms with Crippen LogP contribution >= 0.6 is 0 Å². The zero-order valence-electron chi connectivity index (χ0n) is 12.3. The molecule has 1 aliphatic carbocycles. The normalized spacial score (nSPS) is 25.7. The van der Waals surface area contributed by atoms with Crippen molar-refractivity contribution in [3.8, 4) is 0 Å². The minimum absolute atomic E-state index is 0.375. The second kappa shape index (κ2) is 6.51. The van der Waals surface area contributed by atoms with Crippen molar-refractivity contribution in [3.63, 3.8) is 0 Å². The Balaban J connectivity index is 1.88. The van der Waals surface area contributed by atoms with E-state index in [9.17, 15) is 5.11 Å². The van der Waals surface area contributed by atoms with Gasteiger partial charge in [0.1, 0.15) is 0 Å². The third kappa shape index (κ3) is 4.30. The van der Waals surface area contributed by atoms with Crippen LogP contribution in [0.25, 0.3) is 0 Å². The van der Waals surface area contributed by atoms with Crippen molar-refractivity contribution in [3.05, 3.63) is 11.7 Å². The highest BCUT2D eigenvalue weighted by atomic mass is 16.5. The van der Waals surface area contributed by atoms with Crippen LogP contribution in [0.3, 0.4) is 0 Å². The SMILES string of the molecule is CC(C)CC(O)Cc1nc(C2CCC(C)CC2)no1. The monoisotopic (exact) mass is 266 g/mol. The number of hydrogen-bond acceptors (Lipinski definition) is 4. The highest BCUT2D eigenvalue weighted by molar-refractivity contribution is 4.98. The second-order valence-electron chi connectivity index (χ2n) is 6.49. The van der Waals surface area contributed by atoms with E-state index >= 15 is 0 Å². The molecular weight excluding hydrogens is 240 g/mol. The van der Waals surface area contributed by atoms with Gasteiger partial charge in [-0.05, 0) is 31.1 Å². The summed E-state index contributed by atoms with van der Waals surface area (Å²) in [5.41, 5.74) is 0. The van der Waals surface area contributed by atoms with E-state index in [1.807, 2.05) is 0 Å². The Morgan fingerprint density at radius 1 is 1.26 bits per heavy atom. The van der Waals surface area contributed by atoms with E-state index in [1.165, 1.54) is 12.8 Å². The molecule has 1 atom stereocenters. The Bertz CT molecular complexity index is 381. The fourth-order valence-electron chi connectivity index (χ4n) is 2.86. The minimum atomic E-state index is -0.375. The Labute approximate surface area is 115 Å². The van der Waals surface area contributed by atoms with Crippen LogP contribution in [0.4, 0.5) is 0 Å². The summed E-state index contributed by atoms with van der Waals surface area (Å²) in [6.07, 6.45) is 5.71. The first-order chi connectivity index (χ1) is 9.04. The van der Waals surface area contributed by atoms with Gasteiger partial charge in [-0.25, -0.2) is 0 Å². The summed E-state index contributed by atoms with van der Waals surface area (Å²) >= 11 is 0. The van der Waals surface area contributed by atoms with E-state index in [0.29, 0.717) is 24.1 Å². The zero-order chi connectivity index (χ0) is 13.8. The van der Waals surface area contributed by atoms with Gasteiger partial charge >= 0.3 is 0 Å². The summed E-state index contributed by atoms with van der Waals surface area (Å²) in [7, 11) is 0. The second-order valence-corrected chi connectivity index (χ2v) is 6.49. The van der Waals surface area contributed by atoms with E-state index in [-0.39, 0.29) is 6.10 Å². The summed E-state index contributed by atoms with van der Waals surface area (Å²) in [6, 6.07) is 0. The molecule has 2 rings (SSSR count). The zero-order valence-corrected chi connectivity index (χ0v) is 12.3. The third-order valence-electron chi connectivity index (χ3n) is 4.02. The van der Waals surface area contributed by atoms with E-state index in [0.717, 1.165) is 31.0 Å². The van der Waals surface area contributed by atoms with Crippen molar-refractivity contribution < 1.29 is 9.63 Å². The summed E-state index contributed by atoms with van der Waals surface area (Å²) in [4.78, 5) is 4.47. The molecule has 0 saturated heterocycles. The van der Waals surface area contributed by atoms with Crippen LogP contribution in [0.2, 0.25) is 0 Å². The maximum absolute atomic E-state index is 9.90. The molecule has 1 N–H and O–H groups in total. The first-order valence-electron chi connectivity index (χ1n) is 7.55. The predicted octanol–water partition coefficient (Wildman–Crippen LogP) is 3.31. The molecule has 108 valence electrons. The van der Waals surface area contributed by atoms with Crippen molar-refractivity contribution in [2.75, 3.05) is 0 Å². The van der Waals surface area contributed by atoms with Crippen LogP contribution in [0, 0.1) is 11.8 Å². The van der Waals surface area contributed by atoms with E-state index in [2.05, 4.69) is 30.9 Å². The lowest BCUT2D eigenvalue weighted by atomic mass is 9.83. The molecule has 1 unspecified atom stereocenters. The number of aromatic nitrogens is 2. The summed E-state index contributed by atoms with van der Waals surface area (Å²) in [5, 5.41) is 14.0. The van der Waals surface area contributed by atoms with Crippen LogP contribution < -0.4 is 0 Å². The first-order valence-corrected chi connectivity index (χ1v) is 7.55. The standard InChI is InChI=1S/C15H26N2O2/c1-10(2)8-13(18)9-14-16-15(17-19-14)12-6-4-11(3)5-7-12/h10-13,18H,4-9H2,1-3H3. The molecule has 4 nitrogen and oxygen atoms in total. The lowest BCUT2D eigenvalue weighted by molar-refractivity contribution is 0.138. The highest BCUT2D eigenvalue weighted by Crippen LogP contribution is 2.34. The average Bonchev–Trinajstić information content (AvgIpc) is 2.77. The molecule has 0 spiro atoms. The van der Waals surface area contributed by atoms with Gasteiger partial charge in [0.2, 0.25) is 5.89 Å². The van der Waals surface area contributed by atoms with E-state index in [4.69, 9.17) is 4.52 Å². The van der Waals surface area contributed by atoms with Crippen LogP contribution in [-0.2, 0) is 6.42 Å². The molecular formula is C15H26N2O2. The van der Waals surface area contributed by atoms with Gasteiger partial charge in [0.05, 0.1) is 12.5 Å². The molecule has 0 radical (unpaired) electrons.